The zero-order valence-electron chi connectivity index (χ0n) is 39.5. The number of fused-ring (bicyclic) bond motifs is 11. The second-order valence-corrected chi connectivity index (χ2v) is 19.9. The van der Waals surface area contributed by atoms with E-state index in [4.69, 9.17) is 4.74 Å². The van der Waals surface area contributed by atoms with Gasteiger partial charge in [-0.1, -0.05) is 145 Å². The Labute approximate surface area is 408 Å². The first kappa shape index (κ1) is 39.5. The second kappa shape index (κ2) is 14.5. The molecule has 0 spiro atoms. The molecule has 0 saturated carbocycles. The molecule has 0 atom stereocenters. The molecule has 0 saturated heterocycles. The van der Waals surface area contributed by atoms with Crippen LogP contribution in [0.3, 0.4) is 0 Å². The first-order valence-electron chi connectivity index (χ1n) is 24.6. The average molecular weight is 894 g/mol. The first-order valence-corrected chi connectivity index (χ1v) is 24.6. The predicted octanol–water partition coefficient (Wildman–Crippen LogP) is 12.4. The average Bonchev–Trinajstić information content (AvgIpc) is 3.73. The van der Waals surface area contributed by atoms with E-state index < -0.39 is 0 Å². The van der Waals surface area contributed by atoms with Crippen molar-refractivity contribution in [2.24, 2.45) is 0 Å². The molecule has 6 heteroatoms. The smallest absolute Gasteiger partial charge is 0.256 e. The highest BCUT2D eigenvalue weighted by Gasteiger charge is 2.47. The van der Waals surface area contributed by atoms with Crippen molar-refractivity contribution in [2.75, 3.05) is 9.80 Å². The number of hydrogen-bond acceptors (Lipinski definition) is 3. The summed E-state index contributed by atoms with van der Waals surface area (Å²) in [5, 5.41) is 2.56. The number of aryl methyl sites for hydroxylation is 4. The van der Waals surface area contributed by atoms with E-state index in [1.54, 1.807) is 0 Å². The molecule has 0 amide bonds. The fourth-order valence-corrected chi connectivity index (χ4v) is 12.7. The summed E-state index contributed by atoms with van der Waals surface area (Å²) in [7, 11) is 0. The van der Waals surface area contributed by atoms with E-state index in [1.807, 2.05) is 0 Å². The van der Waals surface area contributed by atoms with Crippen LogP contribution in [0.2, 0.25) is 0 Å². The molecule has 1 aromatic heterocycles. The monoisotopic (exact) mass is 893 g/mol. The van der Waals surface area contributed by atoms with Gasteiger partial charge in [-0.3, -0.25) is 0 Å². The number of rotatable bonds is 4. The molecule has 4 aliphatic rings. The molecule has 15 rings (SSSR count). The highest BCUT2D eigenvalue weighted by Crippen LogP contribution is 2.47. The Hall–Kier alpha value is -8.47. The molecular formula is C64H45B2N3O. The van der Waals surface area contributed by atoms with Gasteiger partial charge in [0.15, 0.2) is 0 Å². The van der Waals surface area contributed by atoms with Crippen molar-refractivity contribution in [1.29, 1.82) is 0 Å². The molecule has 4 aliphatic heterocycles. The van der Waals surface area contributed by atoms with Crippen LogP contribution in [-0.2, 0) is 0 Å². The molecule has 5 heterocycles. The van der Waals surface area contributed by atoms with Crippen molar-refractivity contribution >= 4 is 102 Å². The van der Waals surface area contributed by atoms with Gasteiger partial charge >= 0.3 is 0 Å². The fraction of sp³-hybridized carbons (Fsp3) is 0.0625. The van der Waals surface area contributed by atoms with E-state index in [2.05, 4.69) is 242 Å². The van der Waals surface area contributed by atoms with E-state index >= 15 is 0 Å². The van der Waals surface area contributed by atoms with Crippen LogP contribution in [0.5, 0.6) is 11.5 Å². The SMILES string of the molecule is Cc1ccc(C)c(-c2cc3c4c(c2)N(c2ccccc2)c2ccccc2B4c2cc4c(cc2O3)N(c2ccccc2)c2cc(-c3cc(C)ccc3C)cc3c2B4c2cccc4c5ccccc5n-3c24)c1. The van der Waals surface area contributed by atoms with Crippen molar-refractivity contribution in [1.82, 2.24) is 4.57 Å². The maximum atomic E-state index is 7.52. The summed E-state index contributed by atoms with van der Waals surface area (Å²) in [5.41, 5.74) is 28.0. The lowest BCUT2D eigenvalue weighted by atomic mass is 9.30. The van der Waals surface area contributed by atoms with Gasteiger partial charge in [-0.15, -0.1) is 0 Å². The number of para-hydroxylation sites is 5. The van der Waals surface area contributed by atoms with Crippen molar-refractivity contribution in [2.45, 2.75) is 27.7 Å². The molecule has 10 aromatic carbocycles. The number of benzene rings is 10. The van der Waals surface area contributed by atoms with Crippen molar-refractivity contribution < 1.29 is 4.74 Å². The van der Waals surface area contributed by atoms with Crippen LogP contribution in [-0.4, -0.2) is 18.0 Å². The minimum absolute atomic E-state index is 0.0504. The molecule has 328 valence electrons. The van der Waals surface area contributed by atoms with Gasteiger partial charge in [-0.25, -0.2) is 0 Å². The van der Waals surface area contributed by atoms with Gasteiger partial charge in [-0.05, 0) is 155 Å². The van der Waals surface area contributed by atoms with E-state index in [-0.39, 0.29) is 13.4 Å². The van der Waals surface area contributed by atoms with Gasteiger partial charge in [0.05, 0.1) is 5.52 Å². The molecule has 0 fully saturated rings. The third-order valence-corrected chi connectivity index (χ3v) is 15.8. The van der Waals surface area contributed by atoms with Gasteiger partial charge in [0.25, 0.3) is 13.4 Å². The van der Waals surface area contributed by atoms with Crippen LogP contribution in [0, 0.1) is 27.7 Å². The molecule has 4 nitrogen and oxygen atoms in total. The summed E-state index contributed by atoms with van der Waals surface area (Å²) in [5.74, 6) is 1.79. The van der Waals surface area contributed by atoms with E-state index in [0.717, 1.165) is 39.8 Å². The maximum Gasteiger partial charge on any atom is 0.256 e. The van der Waals surface area contributed by atoms with E-state index in [9.17, 15) is 0 Å². The maximum absolute atomic E-state index is 7.52. The van der Waals surface area contributed by atoms with Crippen LogP contribution in [0.1, 0.15) is 22.3 Å². The van der Waals surface area contributed by atoms with Crippen LogP contribution >= 0.6 is 0 Å². The molecule has 0 unspecified atom stereocenters. The lowest BCUT2D eigenvalue weighted by molar-refractivity contribution is 0.488. The van der Waals surface area contributed by atoms with Gasteiger partial charge in [0.2, 0.25) is 0 Å². The normalized spacial score (nSPS) is 13.4. The minimum atomic E-state index is -0.0774. The molecule has 70 heavy (non-hydrogen) atoms. The first-order chi connectivity index (χ1) is 34.4. The van der Waals surface area contributed by atoms with Gasteiger partial charge in [0, 0.05) is 62.2 Å². The predicted molar refractivity (Wildman–Crippen MR) is 296 cm³/mol. The van der Waals surface area contributed by atoms with Crippen molar-refractivity contribution in [3.63, 3.8) is 0 Å². The second-order valence-electron chi connectivity index (χ2n) is 19.9. The molecule has 0 radical (unpaired) electrons. The lowest BCUT2D eigenvalue weighted by Crippen LogP contribution is -2.64. The Morgan fingerprint density at radius 2 is 0.943 bits per heavy atom. The quantitative estimate of drug-likeness (QED) is 0.164. The number of ether oxygens (including phenoxy) is 1. The van der Waals surface area contributed by atoms with Crippen LogP contribution in [0.4, 0.5) is 34.1 Å². The summed E-state index contributed by atoms with van der Waals surface area (Å²) in [6, 6.07) is 75.0. The Bertz CT molecular complexity index is 4060. The summed E-state index contributed by atoms with van der Waals surface area (Å²) < 4.78 is 10.1. The van der Waals surface area contributed by atoms with Gasteiger partial charge in [-0.2, -0.15) is 0 Å². The Balaban J connectivity index is 1.05. The topological polar surface area (TPSA) is 20.6 Å². The number of aromatic nitrogens is 1. The van der Waals surface area contributed by atoms with Crippen LogP contribution in [0.15, 0.2) is 200 Å². The molecular weight excluding hydrogens is 848 g/mol. The van der Waals surface area contributed by atoms with E-state index in [1.165, 1.54) is 111 Å². The number of nitrogens with zero attached hydrogens (tertiary/aromatic N) is 3. The minimum Gasteiger partial charge on any atom is -0.458 e. The summed E-state index contributed by atoms with van der Waals surface area (Å²) in [4.78, 5) is 4.99. The lowest BCUT2D eigenvalue weighted by Gasteiger charge is -2.43. The van der Waals surface area contributed by atoms with Crippen LogP contribution < -0.4 is 47.3 Å². The van der Waals surface area contributed by atoms with Crippen molar-refractivity contribution in [3.05, 3.63) is 222 Å². The fourth-order valence-electron chi connectivity index (χ4n) is 12.7. The molecule has 0 bridgehead atoms. The Morgan fingerprint density at radius 3 is 1.67 bits per heavy atom. The number of hydrogen-bond donors (Lipinski definition) is 0. The molecule has 11 aromatic rings. The third kappa shape index (κ3) is 5.44. The number of anilines is 6. The largest absolute Gasteiger partial charge is 0.458 e. The molecule has 0 aliphatic carbocycles. The van der Waals surface area contributed by atoms with E-state index in [0.29, 0.717) is 0 Å². The Morgan fingerprint density at radius 1 is 0.371 bits per heavy atom. The van der Waals surface area contributed by atoms with Gasteiger partial charge < -0.3 is 19.1 Å². The third-order valence-electron chi connectivity index (χ3n) is 15.8. The zero-order valence-corrected chi connectivity index (χ0v) is 39.5. The van der Waals surface area contributed by atoms with Gasteiger partial charge in [0.1, 0.15) is 11.5 Å². The zero-order chi connectivity index (χ0) is 46.5. The summed E-state index contributed by atoms with van der Waals surface area (Å²) >= 11 is 0. The summed E-state index contributed by atoms with van der Waals surface area (Å²) in [6.45, 7) is 8.71. The molecule has 0 N–H and O–H groups in total. The van der Waals surface area contributed by atoms with Crippen LogP contribution in [0.25, 0.3) is 49.7 Å². The van der Waals surface area contributed by atoms with Crippen molar-refractivity contribution in [3.8, 4) is 39.4 Å². The highest BCUT2D eigenvalue weighted by molar-refractivity contribution is 7.02. The summed E-state index contributed by atoms with van der Waals surface area (Å²) in [6.07, 6.45) is 0. The standard InChI is InChI=1S/C64H45B2N3O/c1-38-26-28-40(3)48(30-38)42-32-57-62-58(33-42)69-54-24-13-11-20-46(54)47-21-15-23-51(64(47)69)66(62)52-36-53-60(37-56(52)68(57)45-18-9-6-10-19-45)70-61-35-43(49-31-39(2)27-29-41(49)4)34-59-63(61)65(53)50-22-12-14-25-55(50)67(59)44-16-7-5-8-17-44/h5-37H,1-4H3. The Kier molecular flexibility index (Phi) is 8.20. The highest BCUT2D eigenvalue weighted by atomic mass is 16.5.